The van der Waals surface area contributed by atoms with Crippen LogP contribution in [0.2, 0.25) is 0 Å². The second kappa shape index (κ2) is 7.19. The Morgan fingerprint density at radius 1 is 1.56 bits per heavy atom. The van der Waals surface area contributed by atoms with Gasteiger partial charge >= 0.3 is 0 Å². The molecular formula is C12H15NO2S. The number of thioether (sulfide) groups is 1. The molecule has 0 fully saturated rings. The zero-order chi connectivity index (χ0) is 11.8. The number of allylic oxidation sites excluding steroid dienone is 1. The van der Waals surface area contributed by atoms with E-state index in [9.17, 15) is 4.79 Å². The van der Waals surface area contributed by atoms with Gasteiger partial charge in [0.1, 0.15) is 0 Å². The molecule has 0 saturated heterocycles. The van der Waals surface area contributed by atoms with Crippen LogP contribution in [0.15, 0.2) is 24.3 Å². The van der Waals surface area contributed by atoms with Crippen molar-refractivity contribution >= 4 is 23.0 Å². The molecule has 0 spiro atoms. The number of aliphatic hydroxyl groups excluding tert-OH is 1. The molecule has 4 heteroatoms. The van der Waals surface area contributed by atoms with Crippen LogP contribution in [0.25, 0.3) is 6.08 Å². The van der Waals surface area contributed by atoms with E-state index in [4.69, 9.17) is 5.11 Å². The molecule has 0 radical (unpaired) electrons. The molecule has 0 unspecified atom stereocenters. The lowest BCUT2D eigenvalue weighted by atomic mass is 10.3. The summed E-state index contributed by atoms with van der Waals surface area (Å²) in [7, 11) is 0. The van der Waals surface area contributed by atoms with E-state index in [0.717, 1.165) is 17.9 Å². The second-order valence-corrected chi connectivity index (χ2v) is 4.51. The zero-order valence-electron chi connectivity index (χ0n) is 9.22. The van der Waals surface area contributed by atoms with Crippen LogP contribution < -0.4 is 0 Å². The molecule has 0 bridgehead atoms. The predicted octanol–water partition coefficient (Wildman–Crippen LogP) is 2.26. The first-order chi connectivity index (χ1) is 7.72. The average molecular weight is 237 g/mol. The molecule has 0 amide bonds. The molecule has 16 heavy (non-hydrogen) atoms. The summed E-state index contributed by atoms with van der Waals surface area (Å²) in [4.78, 5) is 14.9. The van der Waals surface area contributed by atoms with Gasteiger partial charge in [-0.15, -0.1) is 0 Å². The van der Waals surface area contributed by atoms with E-state index in [2.05, 4.69) is 4.98 Å². The van der Waals surface area contributed by atoms with Crippen molar-refractivity contribution in [3.8, 4) is 0 Å². The predicted molar refractivity (Wildman–Crippen MR) is 66.9 cm³/mol. The molecule has 0 atom stereocenters. The van der Waals surface area contributed by atoms with Gasteiger partial charge in [0, 0.05) is 12.7 Å². The van der Waals surface area contributed by atoms with E-state index in [1.54, 1.807) is 13.0 Å². The first kappa shape index (κ1) is 12.9. The van der Waals surface area contributed by atoms with Gasteiger partial charge in [0.25, 0.3) is 0 Å². The largest absolute Gasteiger partial charge is 0.390 e. The number of pyridine rings is 1. The number of hydrogen-bond acceptors (Lipinski definition) is 4. The molecule has 1 N–H and O–H groups in total. The lowest BCUT2D eigenvalue weighted by Crippen LogP contribution is -1.90. The Hall–Kier alpha value is -1.13. The van der Waals surface area contributed by atoms with Crippen molar-refractivity contribution in [1.82, 2.24) is 4.98 Å². The summed E-state index contributed by atoms with van der Waals surface area (Å²) in [5, 5.41) is 9.05. The van der Waals surface area contributed by atoms with Gasteiger partial charge in [0.2, 0.25) is 0 Å². The van der Waals surface area contributed by atoms with Gasteiger partial charge in [0.05, 0.1) is 18.0 Å². The van der Waals surface area contributed by atoms with Gasteiger partial charge in [-0.2, -0.15) is 0 Å². The third kappa shape index (κ3) is 5.09. The standard InChI is InChI=1S/C12H15NO2S/c1-10(15)16-8-3-2-5-11-6-4-7-12(9-14)13-11/h2,4-7,14H,3,8-9H2,1H3. The maximum Gasteiger partial charge on any atom is 0.185 e. The van der Waals surface area contributed by atoms with Crippen LogP contribution >= 0.6 is 11.8 Å². The lowest BCUT2D eigenvalue weighted by Gasteiger charge is -1.97. The third-order valence-electron chi connectivity index (χ3n) is 1.87. The van der Waals surface area contributed by atoms with Crippen LogP contribution in [0.5, 0.6) is 0 Å². The molecule has 3 nitrogen and oxygen atoms in total. The third-order valence-corrected chi connectivity index (χ3v) is 2.72. The SMILES string of the molecule is CC(=O)SCCC=Cc1cccc(CO)n1. The van der Waals surface area contributed by atoms with Gasteiger partial charge in [0.15, 0.2) is 5.12 Å². The van der Waals surface area contributed by atoms with Gasteiger partial charge < -0.3 is 5.11 Å². The molecule has 0 aliphatic carbocycles. The molecule has 0 aliphatic rings. The lowest BCUT2D eigenvalue weighted by molar-refractivity contribution is -0.109. The van der Waals surface area contributed by atoms with Crippen molar-refractivity contribution in [2.45, 2.75) is 20.0 Å². The molecule has 1 aromatic heterocycles. The van der Waals surface area contributed by atoms with E-state index in [1.165, 1.54) is 11.8 Å². The van der Waals surface area contributed by atoms with Crippen LogP contribution in [-0.4, -0.2) is 21.0 Å². The molecule has 1 aromatic rings. The van der Waals surface area contributed by atoms with Gasteiger partial charge in [-0.25, -0.2) is 0 Å². The smallest absolute Gasteiger partial charge is 0.185 e. The number of rotatable bonds is 5. The van der Waals surface area contributed by atoms with Crippen LogP contribution in [-0.2, 0) is 11.4 Å². The Bertz CT molecular complexity index is 377. The number of carbonyl (C=O) groups is 1. The Balaban J connectivity index is 2.40. The second-order valence-electron chi connectivity index (χ2n) is 3.24. The van der Waals surface area contributed by atoms with Crippen LogP contribution in [0, 0.1) is 0 Å². The average Bonchev–Trinajstić information content (AvgIpc) is 2.28. The summed E-state index contributed by atoms with van der Waals surface area (Å²) in [6, 6.07) is 5.53. The summed E-state index contributed by atoms with van der Waals surface area (Å²) in [6.45, 7) is 1.53. The molecule has 1 heterocycles. The van der Waals surface area contributed by atoms with E-state index in [-0.39, 0.29) is 11.7 Å². The highest BCUT2D eigenvalue weighted by Gasteiger charge is 1.93. The van der Waals surface area contributed by atoms with E-state index in [0.29, 0.717) is 5.69 Å². The summed E-state index contributed by atoms with van der Waals surface area (Å²) in [6.07, 6.45) is 4.73. The normalized spacial score (nSPS) is 10.9. The maximum absolute atomic E-state index is 10.7. The topological polar surface area (TPSA) is 50.2 Å². The number of carbonyl (C=O) groups excluding carboxylic acids is 1. The van der Waals surface area contributed by atoms with Crippen LogP contribution in [0.3, 0.4) is 0 Å². The monoisotopic (exact) mass is 237 g/mol. The Morgan fingerprint density at radius 3 is 3.06 bits per heavy atom. The van der Waals surface area contributed by atoms with Gasteiger partial charge in [-0.05, 0) is 24.6 Å². The fourth-order valence-electron chi connectivity index (χ4n) is 1.15. The number of hydrogen-bond donors (Lipinski definition) is 1. The summed E-state index contributed by atoms with van der Waals surface area (Å²) in [5.41, 5.74) is 1.50. The van der Waals surface area contributed by atoms with Crippen molar-refractivity contribution in [3.63, 3.8) is 0 Å². The quantitative estimate of drug-likeness (QED) is 0.798. The van der Waals surface area contributed by atoms with Crippen molar-refractivity contribution in [3.05, 3.63) is 35.7 Å². The fourth-order valence-corrected chi connectivity index (χ4v) is 1.70. The number of aromatic nitrogens is 1. The van der Waals surface area contributed by atoms with E-state index >= 15 is 0 Å². The Labute approximate surface area is 99.6 Å². The number of aliphatic hydroxyl groups is 1. The summed E-state index contributed by atoms with van der Waals surface area (Å²) < 4.78 is 0. The fraction of sp³-hybridized carbons (Fsp3) is 0.333. The first-order valence-electron chi connectivity index (χ1n) is 5.09. The molecular weight excluding hydrogens is 222 g/mol. The first-order valence-corrected chi connectivity index (χ1v) is 6.07. The Kier molecular flexibility index (Phi) is 5.82. The van der Waals surface area contributed by atoms with Gasteiger partial charge in [-0.1, -0.05) is 23.9 Å². The van der Waals surface area contributed by atoms with Crippen molar-refractivity contribution in [1.29, 1.82) is 0 Å². The zero-order valence-corrected chi connectivity index (χ0v) is 10.0. The molecule has 0 saturated carbocycles. The highest BCUT2D eigenvalue weighted by Crippen LogP contribution is 2.06. The molecule has 0 aromatic carbocycles. The van der Waals surface area contributed by atoms with Crippen LogP contribution in [0.4, 0.5) is 0 Å². The minimum Gasteiger partial charge on any atom is -0.390 e. The molecule has 86 valence electrons. The highest BCUT2D eigenvalue weighted by atomic mass is 32.2. The van der Waals surface area contributed by atoms with Gasteiger partial charge in [-0.3, -0.25) is 9.78 Å². The summed E-state index contributed by atoms with van der Waals surface area (Å²) in [5.74, 6) is 0.797. The molecule has 1 rings (SSSR count). The highest BCUT2D eigenvalue weighted by molar-refractivity contribution is 8.13. The van der Waals surface area contributed by atoms with E-state index in [1.807, 2.05) is 24.3 Å². The van der Waals surface area contributed by atoms with E-state index < -0.39 is 0 Å². The Morgan fingerprint density at radius 2 is 2.38 bits per heavy atom. The summed E-state index contributed by atoms with van der Waals surface area (Å²) >= 11 is 1.32. The number of nitrogens with zero attached hydrogens (tertiary/aromatic N) is 1. The van der Waals surface area contributed by atoms with Crippen molar-refractivity contribution in [2.75, 3.05) is 5.75 Å². The van der Waals surface area contributed by atoms with Crippen LogP contribution in [0.1, 0.15) is 24.7 Å². The minimum absolute atomic E-state index is 0.0398. The van der Waals surface area contributed by atoms with Crippen molar-refractivity contribution < 1.29 is 9.90 Å². The minimum atomic E-state index is -0.0398. The van der Waals surface area contributed by atoms with Crippen molar-refractivity contribution in [2.24, 2.45) is 0 Å². The maximum atomic E-state index is 10.7. The molecule has 0 aliphatic heterocycles.